The SMILES string of the molecule is O=C(NCc1ccc(COCC(F)(F)F)cc1)c1cccc(OCc2cccnc2)c1. The van der Waals surface area contributed by atoms with E-state index in [2.05, 4.69) is 15.0 Å². The third kappa shape index (κ3) is 7.75. The van der Waals surface area contributed by atoms with Crippen molar-refractivity contribution >= 4 is 5.91 Å². The Labute approximate surface area is 177 Å². The van der Waals surface area contributed by atoms with E-state index < -0.39 is 12.8 Å². The first kappa shape index (κ1) is 22.3. The topological polar surface area (TPSA) is 60.5 Å². The molecule has 5 nitrogen and oxygen atoms in total. The molecule has 1 heterocycles. The Hall–Kier alpha value is -3.39. The normalized spacial score (nSPS) is 11.2. The second-order valence-electron chi connectivity index (χ2n) is 6.78. The number of hydrogen-bond donors (Lipinski definition) is 1. The van der Waals surface area contributed by atoms with Crippen LogP contribution in [-0.4, -0.2) is 23.7 Å². The number of ether oxygens (including phenoxy) is 2. The first-order valence-corrected chi connectivity index (χ1v) is 9.51. The van der Waals surface area contributed by atoms with Gasteiger partial charge >= 0.3 is 6.18 Å². The third-order valence-corrected chi connectivity index (χ3v) is 4.24. The zero-order valence-corrected chi connectivity index (χ0v) is 16.6. The fourth-order valence-corrected chi connectivity index (χ4v) is 2.70. The molecule has 0 aliphatic heterocycles. The summed E-state index contributed by atoms with van der Waals surface area (Å²) in [7, 11) is 0. The number of carbonyl (C=O) groups is 1. The molecule has 31 heavy (non-hydrogen) atoms. The van der Waals surface area contributed by atoms with Gasteiger partial charge in [0, 0.05) is 30.1 Å². The smallest absolute Gasteiger partial charge is 0.411 e. The lowest BCUT2D eigenvalue weighted by Crippen LogP contribution is -2.22. The van der Waals surface area contributed by atoms with Gasteiger partial charge in [0.15, 0.2) is 0 Å². The number of hydrogen-bond acceptors (Lipinski definition) is 4. The van der Waals surface area contributed by atoms with Gasteiger partial charge in [-0.2, -0.15) is 13.2 Å². The summed E-state index contributed by atoms with van der Waals surface area (Å²) in [5, 5.41) is 2.81. The second-order valence-corrected chi connectivity index (χ2v) is 6.78. The summed E-state index contributed by atoms with van der Waals surface area (Å²) in [6.45, 7) is -0.783. The molecule has 0 fully saturated rings. The molecule has 162 valence electrons. The Kier molecular flexibility index (Phi) is 7.61. The van der Waals surface area contributed by atoms with Crippen molar-refractivity contribution in [2.24, 2.45) is 0 Å². The monoisotopic (exact) mass is 430 g/mol. The number of halogens is 3. The molecule has 0 bridgehead atoms. The Bertz CT molecular complexity index is 977. The summed E-state index contributed by atoms with van der Waals surface area (Å²) < 4.78 is 46.7. The maximum absolute atomic E-state index is 12.4. The minimum atomic E-state index is -4.34. The van der Waals surface area contributed by atoms with Crippen LogP contribution in [-0.2, 0) is 24.5 Å². The van der Waals surface area contributed by atoms with Crippen molar-refractivity contribution < 1.29 is 27.4 Å². The minimum Gasteiger partial charge on any atom is -0.489 e. The summed E-state index contributed by atoms with van der Waals surface area (Å²) in [4.78, 5) is 16.5. The molecule has 0 aliphatic carbocycles. The molecule has 0 atom stereocenters. The molecule has 0 aliphatic rings. The third-order valence-electron chi connectivity index (χ3n) is 4.24. The number of alkyl halides is 3. The number of nitrogens with zero attached hydrogens (tertiary/aromatic N) is 1. The van der Waals surface area contributed by atoms with Gasteiger partial charge < -0.3 is 14.8 Å². The number of aromatic nitrogens is 1. The van der Waals surface area contributed by atoms with Gasteiger partial charge in [0.05, 0.1) is 6.61 Å². The van der Waals surface area contributed by atoms with Crippen LogP contribution in [0.2, 0.25) is 0 Å². The summed E-state index contributed by atoms with van der Waals surface area (Å²) in [5.41, 5.74) is 2.82. The van der Waals surface area contributed by atoms with E-state index in [1.54, 1.807) is 60.9 Å². The van der Waals surface area contributed by atoms with E-state index in [9.17, 15) is 18.0 Å². The fourth-order valence-electron chi connectivity index (χ4n) is 2.70. The van der Waals surface area contributed by atoms with Gasteiger partial charge in [-0.3, -0.25) is 9.78 Å². The van der Waals surface area contributed by atoms with Crippen LogP contribution in [0.1, 0.15) is 27.0 Å². The van der Waals surface area contributed by atoms with E-state index in [0.717, 1.165) is 11.1 Å². The van der Waals surface area contributed by atoms with E-state index in [1.165, 1.54) is 0 Å². The molecule has 1 N–H and O–H groups in total. The van der Waals surface area contributed by atoms with Crippen molar-refractivity contribution in [3.05, 3.63) is 95.3 Å². The lowest BCUT2D eigenvalue weighted by molar-refractivity contribution is -0.176. The predicted octanol–water partition coefficient (Wildman–Crippen LogP) is 4.67. The number of amides is 1. The Morgan fingerprint density at radius 1 is 0.935 bits per heavy atom. The fraction of sp³-hybridized carbons (Fsp3) is 0.217. The maximum atomic E-state index is 12.4. The van der Waals surface area contributed by atoms with Crippen LogP contribution in [0.4, 0.5) is 13.2 Å². The quantitative estimate of drug-likeness (QED) is 0.536. The first-order valence-electron chi connectivity index (χ1n) is 9.51. The number of benzene rings is 2. The molecule has 0 radical (unpaired) electrons. The number of nitrogens with one attached hydrogen (secondary N) is 1. The van der Waals surface area contributed by atoms with Crippen molar-refractivity contribution in [2.75, 3.05) is 6.61 Å². The molecule has 0 saturated carbocycles. The summed E-state index contributed by atoms with van der Waals surface area (Å²) in [6.07, 6.45) is -0.945. The molecule has 0 spiro atoms. The molecule has 2 aromatic carbocycles. The average molecular weight is 430 g/mol. The number of carbonyl (C=O) groups excluding carboxylic acids is 1. The Balaban J connectivity index is 1.48. The van der Waals surface area contributed by atoms with E-state index in [1.807, 2.05) is 12.1 Å². The number of pyridine rings is 1. The van der Waals surface area contributed by atoms with Crippen LogP contribution in [0.15, 0.2) is 73.1 Å². The lowest BCUT2D eigenvalue weighted by atomic mass is 10.1. The average Bonchev–Trinajstić information content (AvgIpc) is 2.77. The highest BCUT2D eigenvalue weighted by Crippen LogP contribution is 2.17. The van der Waals surface area contributed by atoms with Gasteiger partial charge in [-0.05, 0) is 35.4 Å². The van der Waals surface area contributed by atoms with Gasteiger partial charge in [0.2, 0.25) is 0 Å². The van der Waals surface area contributed by atoms with Gasteiger partial charge in [-0.1, -0.05) is 36.4 Å². The van der Waals surface area contributed by atoms with Gasteiger partial charge in [0.25, 0.3) is 5.91 Å². The van der Waals surface area contributed by atoms with Crippen LogP contribution in [0.3, 0.4) is 0 Å². The molecule has 0 unspecified atom stereocenters. The Morgan fingerprint density at radius 2 is 1.71 bits per heavy atom. The van der Waals surface area contributed by atoms with E-state index in [0.29, 0.717) is 23.5 Å². The van der Waals surface area contributed by atoms with Gasteiger partial charge in [0.1, 0.15) is 19.0 Å². The van der Waals surface area contributed by atoms with E-state index >= 15 is 0 Å². The van der Waals surface area contributed by atoms with Crippen LogP contribution in [0.25, 0.3) is 0 Å². The van der Waals surface area contributed by atoms with E-state index in [4.69, 9.17) is 4.74 Å². The Morgan fingerprint density at radius 3 is 2.42 bits per heavy atom. The van der Waals surface area contributed by atoms with Crippen molar-refractivity contribution in [3.8, 4) is 5.75 Å². The molecule has 3 aromatic rings. The molecular formula is C23H21F3N2O3. The van der Waals surface area contributed by atoms with Gasteiger partial charge in [-0.15, -0.1) is 0 Å². The summed E-state index contributed by atoms with van der Waals surface area (Å²) in [5.74, 6) is 0.309. The first-order chi connectivity index (χ1) is 14.9. The second kappa shape index (κ2) is 10.6. The summed E-state index contributed by atoms with van der Waals surface area (Å²) >= 11 is 0. The van der Waals surface area contributed by atoms with Crippen LogP contribution >= 0.6 is 0 Å². The summed E-state index contributed by atoms with van der Waals surface area (Å²) in [6, 6.07) is 17.4. The van der Waals surface area contributed by atoms with Gasteiger partial charge in [-0.25, -0.2) is 0 Å². The lowest BCUT2D eigenvalue weighted by Gasteiger charge is -2.10. The highest BCUT2D eigenvalue weighted by Gasteiger charge is 2.27. The zero-order valence-electron chi connectivity index (χ0n) is 16.6. The van der Waals surface area contributed by atoms with Crippen molar-refractivity contribution in [2.45, 2.75) is 25.9 Å². The molecule has 1 amide bonds. The minimum absolute atomic E-state index is 0.127. The largest absolute Gasteiger partial charge is 0.489 e. The number of rotatable bonds is 9. The van der Waals surface area contributed by atoms with Crippen LogP contribution < -0.4 is 10.1 Å². The molecular weight excluding hydrogens is 409 g/mol. The van der Waals surface area contributed by atoms with E-state index in [-0.39, 0.29) is 19.1 Å². The highest BCUT2D eigenvalue weighted by atomic mass is 19.4. The molecule has 0 saturated heterocycles. The molecule has 1 aromatic heterocycles. The predicted molar refractivity (Wildman–Crippen MR) is 108 cm³/mol. The molecule has 3 rings (SSSR count). The van der Waals surface area contributed by atoms with Crippen molar-refractivity contribution in [1.82, 2.24) is 10.3 Å². The van der Waals surface area contributed by atoms with Crippen molar-refractivity contribution in [1.29, 1.82) is 0 Å². The maximum Gasteiger partial charge on any atom is 0.411 e. The highest BCUT2D eigenvalue weighted by molar-refractivity contribution is 5.94. The standard InChI is InChI=1S/C23H21F3N2O3/c24-23(25,26)16-30-14-18-8-6-17(7-9-18)13-28-22(29)20-4-1-5-21(11-20)31-15-19-3-2-10-27-12-19/h1-12H,13-16H2,(H,28,29). The molecule has 8 heteroatoms. The van der Waals surface area contributed by atoms with Crippen LogP contribution in [0.5, 0.6) is 5.75 Å². The zero-order chi connectivity index (χ0) is 22.1. The van der Waals surface area contributed by atoms with Crippen LogP contribution in [0, 0.1) is 0 Å². The van der Waals surface area contributed by atoms with Crippen molar-refractivity contribution in [3.63, 3.8) is 0 Å².